The Labute approximate surface area is 148 Å². The van der Waals surface area contributed by atoms with Crippen LogP contribution in [0.4, 0.5) is 14.5 Å². The predicted molar refractivity (Wildman–Crippen MR) is 97.2 cm³/mol. The van der Waals surface area contributed by atoms with Crippen LogP contribution in [0.5, 0.6) is 0 Å². The molecule has 140 valence electrons. The van der Waals surface area contributed by atoms with E-state index in [9.17, 15) is 8.78 Å². The number of hydrogen-bond acceptors (Lipinski definition) is 3. The van der Waals surface area contributed by atoms with Gasteiger partial charge in [-0.3, -0.25) is 4.99 Å². The Morgan fingerprint density at radius 3 is 2.60 bits per heavy atom. The average molecular weight is 354 g/mol. The van der Waals surface area contributed by atoms with E-state index in [-0.39, 0.29) is 11.9 Å². The molecule has 0 aliphatic carbocycles. The van der Waals surface area contributed by atoms with Gasteiger partial charge < -0.3 is 19.9 Å². The van der Waals surface area contributed by atoms with Gasteiger partial charge in [-0.2, -0.15) is 0 Å². The van der Waals surface area contributed by atoms with E-state index in [1.807, 2.05) is 18.7 Å². The van der Waals surface area contributed by atoms with Crippen LogP contribution >= 0.6 is 0 Å². The third kappa shape index (κ3) is 5.85. The lowest BCUT2D eigenvalue weighted by Gasteiger charge is -2.37. The number of nitrogens with zero attached hydrogens (tertiary/aromatic N) is 3. The fourth-order valence-corrected chi connectivity index (χ4v) is 2.81. The zero-order valence-corrected chi connectivity index (χ0v) is 15.3. The third-order valence-corrected chi connectivity index (χ3v) is 4.10. The first-order valence-electron chi connectivity index (χ1n) is 8.78. The van der Waals surface area contributed by atoms with Crippen LogP contribution in [0.25, 0.3) is 0 Å². The number of benzene rings is 1. The van der Waals surface area contributed by atoms with Crippen LogP contribution in [-0.2, 0) is 4.74 Å². The monoisotopic (exact) mass is 354 g/mol. The molecule has 1 heterocycles. The largest absolute Gasteiger partial charge is 0.379 e. The van der Waals surface area contributed by atoms with Gasteiger partial charge in [0.2, 0.25) is 0 Å². The molecular formula is C18H28F2N4O. The maximum atomic E-state index is 13.9. The summed E-state index contributed by atoms with van der Waals surface area (Å²) in [4.78, 5) is 8.32. The summed E-state index contributed by atoms with van der Waals surface area (Å²) in [6, 6.07) is 3.58. The molecule has 0 radical (unpaired) electrons. The lowest BCUT2D eigenvalue weighted by atomic mass is 10.2. The molecule has 1 aromatic rings. The van der Waals surface area contributed by atoms with Gasteiger partial charge in [-0.15, -0.1) is 0 Å². The van der Waals surface area contributed by atoms with Crippen molar-refractivity contribution in [3.63, 3.8) is 0 Å². The van der Waals surface area contributed by atoms with E-state index in [2.05, 4.69) is 15.2 Å². The lowest BCUT2D eigenvalue weighted by molar-refractivity contribution is 0.0775. The summed E-state index contributed by atoms with van der Waals surface area (Å²) in [6.07, 6.45) is 1.15. The highest BCUT2D eigenvalue weighted by Crippen LogP contribution is 2.21. The van der Waals surface area contributed by atoms with Gasteiger partial charge in [0.15, 0.2) is 5.96 Å². The summed E-state index contributed by atoms with van der Waals surface area (Å²) in [7, 11) is 1.76. The van der Waals surface area contributed by atoms with Crippen LogP contribution in [0.3, 0.4) is 0 Å². The first-order valence-corrected chi connectivity index (χ1v) is 8.78. The van der Waals surface area contributed by atoms with Crippen molar-refractivity contribution in [1.29, 1.82) is 0 Å². The molecule has 0 amide bonds. The summed E-state index contributed by atoms with van der Waals surface area (Å²) >= 11 is 0. The summed E-state index contributed by atoms with van der Waals surface area (Å²) in [5, 5.41) is 3.33. The lowest BCUT2D eigenvalue weighted by Crippen LogP contribution is -2.52. The standard InChI is InChI=1S/C18H28F2N4O/c1-14(2)25-12-4-7-22-18(21-3)24-10-8-23(9-11-24)17-13-15(19)5-6-16(17)20/h5-6,13-14H,4,7-12H2,1-3H3,(H,21,22). The molecule has 1 aliphatic rings. The minimum absolute atomic E-state index is 0.246. The second kappa shape index (κ2) is 9.56. The molecule has 1 saturated heterocycles. The zero-order chi connectivity index (χ0) is 18.2. The Balaban J connectivity index is 1.80. The average Bonchev–Trinajstić information content (AvgIpc) is 2.60. The number of guanidine groups is 1. The number of rotatable bonds is 6. The highest BCUT2D eigenvalue weighted by atomic mass is 19.1. The van der Waals surface area contributed by atoms with Crippen LogP contribution < -0.4 is 10.2 Å². The fraction of sp³-hybridized carbons (Fsp3) is 0.611. The minimum atomic E-state index is -0.417. The number of ether oxygens (including phenoxy) is 1. The maximum absolute atomic E-state index is 13.9. The summed E-state index contributed by atoms with van der Waals surface area (Å²) in [6.45, 7) is 8.21. The molecule has 0 spiro atoms. The smallest absolute Gasteiger partial charge is 0.193 e. The molecule has 2 rings (SSSR count). The number of hydrogen-bond donors (Lipinski definition) is 1. The van der Waals surface area contributed by atoms with Crippen molar-refractivity contribution in [3.8, 4) is 0 Å². The van der Waals surface area contributed by atoms with Crippen LogP contribution in [-0.4, -0.2) is 63.3 Å². The van der Waals surface area contributed by atoms with Crippen LogP contribution in [0.1, 0.15) is 20.3 Å². The van der Waals surface area contributed by atoms with Gasteiger partial charge in [-0.25, -0.2) is 8.78 Å². The van der Waals surface area contributed by atoms with Crippen molar-refractivity contribution in [2.75, 3.05) is 51.3 Å². The summed E-state index contributed by atoms with van der Waals surface area (Å²) in [5.41, 5.74) is 0.327. The van der Waals surface area contributed by atoms with Crippen LogP contribution in [0.15, 0.2) is 23.2 Å². The van der Waals surface area contributed by atoms with Crippen molar-refractivity contribution in [3.05, 3.63) is 29.8 Å². The summed E-state index contributed by atoms with van der Waals surface area (Å²) in [5.74, 6) is 0.0337. The zero-order valence-electron chi connectivity index (χ0n) is 15.3. The second-order valence-corrected chi connectivity index (χ2v) is 6.32. The maximum Gasteiger partial charge on any atom is 0.193 e. The van der Waals surface area contributed by atoms with Gasteiger partial charge in [0, 0.05) is 52.4 Å². The van der Waals surface area contributed by atoms with E-state index in [4.69, 9.17) is 4.74 Å². The molecule has 1 fully saturated rings. The second-order valence-electron chi connectivity index (χ2n) is 6.32. The van der Waals surface area contributed by atoms with E-state index in [1.54, 1.807) is 7.05 Å². The Morgan fingerprint density at radius 1 is 1.24 bits per heavy atom. The molecular weight excluding hydrogens is 326 g/mol. The number of piperazine rings is 1. The number of anilines is 1. The molecule has 0 bridgehead atoms. The Kier molecular flexibility index (Phi) is 7.43. The van der Waals surface area contributed by atoms with E-state index in [0.717, 1.165) is 25.0 Å². The molecule has 0 aromatic heterocycles. The van der Waals surface area contributed by atoms with Crippen molar-refractivity contribution < 1.29 is 13.5 Å². The topological polar surface area (TPSA) is 40.1 Å². The van der Waals surface area contributed by atoms with E-state index in [1.165, 1.54) is 12.1 Å². The fourth-order valence-electron chi connectivity index (χ4n) is 2.81. The van der Waals surface area contributed by atoms with Crippen LogP contribution in [0.2, 0.25) is 0 Å². The van der Waals surface area contributed by atoms with E-state index < -0.39 is 5.82 Å². The molecule has 25 heavy (non-hydrogen) atoms. The molecule has 7 heteroatoms. The Hall–Kier alpha value is -1.89. The minimum Gasteiger partial charge on any atom is -0.379 e. The molecule has 0 unspecified atom stereocenters. The molecule has 5 nitrogen and oxygen atoms in total. The van der Waals surface area contributed by atoms with Gasteiger partial charge in [0.25, 0.3) is 0 Å². The highest BCUT2D eigenvalue weighted by Gasteiger charge is 2.21. The highest BCUT2D eigenvalue weighted by molar-refractivity contribution is 5.80. The van der Waals surface area contributed by atoms with Gasteiger partial charge >= 0.3 is 0 Å². The number of nitrogens with one attached hydrogen (secondary N) is 1. The molecule has 1 aliphatic heterocycles. The van der Waals surface area contributed by atoms with Crippen molar-refractivity contribution in [1.82, 2.24) is 10.2 Å². The quantitative estimate of drug-likeness (QED) is 0.484. The normalized spacial score (nSPS) is 15.8. The molecule has 1 N–H and O–H groups in total. The molecule has 0 atom stereocenters. The third-order valence-electron chi connectivity index (χ3n) is 4.10. The molecule has 0 saturated carbocycles. The first-order chi connectivity index (χ1) is 12.0. The van der Waals surface area contributed by atoms with Gasteiger partial charge in [0.05, 0.1) is 11.8 Å². The van der Waals surface area contributed by atoms with Gasteiger partial charge in [0.1, 0.15) is 11.6 Å². The SMILES string of the molecule is CN=C(NCCCOC(C)C)N1CCN(c2cc(F)ccc2F)CC1. The predicted octanol–water partition coefficient (Wildman–Crippen LogP) is 2.48. The Bertz CT molecular complexity index is 572. The van der Waals surface area contributed by atoms with Gasteiger partial charge in [-0.1, -0.05) is 0 Å². The molecule has 1 aromatic carbocycles. The van der Waals surface area contributed by atoms with Crippen molar-refractivity contribution >= 4 is 11.6 Å². The van der Waals surface area contributed by atoms with E-state index in [0.29, 0.717) is 38.5 Å². The van der Waals surface area contributed by atoms with E-state index >= 15 is 0 Å². The van der Waals surface area contributed by atoms with Crippen molar-refractivity contribution in [2.45, 2.75) is 26.4 Å². The van der Waals surface area contributed by atoms with Gasteiger partial charge in [-0.05, 0) is 32.4 Å². The van der Waals surface area contributed by atoms with Crippen molar-refractivity contribution in [2.24, 2.45) is 4.99 Å². The number of aliphatic imine (C=N–C) groups is 1. The van der Waals surface area contributed by atoms with Crippen LogP contribution in [0, 0.1) is 11.6 Å². The summed E-state index contributed by atoms with van der Waals surface area (Å²) < 4.78 is 32.8. The Morgan fingerprint density at radius 2 is 1.96 bits per heavy atom. The number of halogens is 2. The first kappa shape index (κ1) is 19.4.